The summed E-state index contributed by atoms with van der Waals surface area (Å²) in [6, 6.07) is 5.68. The highest BCUT2D eigenvalue weighted by atomic mass is 19.4. The van der Waals surface area contributed by atoms with Gasteiger partial charge in [0, 0.05) is 43.9 Å². The maximum Gasteiger partial charge on any atom is 0.471 e. The number of amides is 1. The lowest BCUT2D eigenvalue weighted by Crippen LogP contribution is -2.44. The Hall–Kier alpha value is -2.46. The highest BCUT2D eigenvalue weighted by Gasteiger charge is 2.42. The quantitative estimate of drug-likeness (QED) is 0.555. The van der Waals surface area contributed by atoms with Crippen LogP contribution in [-0.4, -0.2) is 73.0 Å². The third-order valence-electron chi connectivity index (χ3n) is 5.16. The number of hydrogen-bond donors (Lipinski definition) is 0. The second kappa shape index (κ2) is 10.7. The minimum atomic E-state index is -4.91. The zero-order valence-electron chi connectivity index (χ0n) is 17.0. The number of alkyl halides is 3. The molecule has 0 N–H and O–H groups in total. The molecule has 0 atom stereocenters. The van der Waals surface area contributed by atoms with Gasteiger partial charge < -0.3 is 14.2 Å². The van der Waals surface area contributed by atoms with E-state index < -0.39 is 12.1 Å². The van der Waals surface area contributed by atoms with E-state index in [1.807, 2.05) is 0 Å². The molecule has 1 aliphatic rings. The third kappa shape index (κ3) is 6.76. The number of aromatic nitrogens is 1. The van der Waals surface area contributed by atoms with Crippen molar-refractivity contribution in [1.29, 1.82) is 0 Å². The monoisotopic (exact) mass is 443 g/mol. The first kappa shape index (κ1) is 23.2. The minimum Gasteiger partial charge on any atom is -0.379 e. The van der Waals surface area contributed by atoms with Crippen molar-refractivity contribution >= 4 is 5.91 Å². The normalized spacial score (nSPS) is 15.2. The largest absolute Gasteiger partial charge is 0.471 e. The van der Waals surface area contributed by atoms with Gasteiger partial charge in [0.25, 0.3) is 0 Å². The van der Waals surface area contributed by atoms with Gasteiger partial charge in [0.1, 0.15) is 5.82 Å². The van der Waals surface area contributed by atoms with E-state index in [0.717, 1.165) is 18.0 Å². The van der Waals surface area contributed by atoms with Gasteiger partial charge in [-0.1, -0.05) is 5.16 Å². The van der Waals surface area contributed by atoms with E-state index >= 15 is 0 Å². The van der Waals surface area contributed by atoms with Gasteiger partial charge in [-0.3, -0.25) is 9.69 Å². The molecule has 1 aromatic carbocycles. The summed E-state index contributed by atoms with van der Waals surface area (Å²) in [4.78, 5) is 14.8. The van der Waals surface area contributed by atoms with Crippen molar-refractivity contribution in [2.75, 3.05) is 45.9 Å². The highest BCUT2D eigenvalue weighted by Crippen LogP contribution is 2.25. The fourth-order valence-electron chi connectivity index (χ4n) is 3.54. The Morgan fingerprint density at radius 1 is 1.10 bits per heavy atom. The fourth-order valence-corrected chi connectivity index (χ4v) is 3.54. The van der Waals surface area contributed by atoms with Gasteiger partial charge in [-0.2, -0.15) is 13.2 Å². The van der Waals surface area contributed by atoms with Crippen LogP contribution in [0.1, 0.15) is 18.4 Å². The first-order valence-electron chi connectivity index (χ1n) is 10.2. The van der Waals surface area contributed by atoms with Crippen molar-refractivity contribution in [1.82, 2.24) is 15.0 Å². The number of halogens is 4. The van der Waals surface area contributed by atoms with Gasteiger partial charge in [-0.15, -0.1) is 0 Å². The molecule has 0 aliphatic carbocycles. The summed E-state index contributed by atoms with van der Waals surface area (Å²) in [6.45, 7) is 3.32. The second-order valence-electron chi connectivity index (χ2n) is 7.39. The van der Waals surface area contributed by atoms with Gasteiger partial charge in [-0.25, -0.2) is 4.39 Å². The summed E-state index contributed by atoms with van der Waals surface area (Å²) >= 11 is 0. The lowest BCUT2D eigenvalue weighted by molar-refractivity contribution is -0.185. The van der Waals surface area contributed by atoms with E-state index in [1.54, 1.807) is 12.1 Å². The number of hydrogen-bond acceptors (Lipinski definition) is 5. The molecule has 10 heteroatoms. The maximum atomic E-state index is 13.1. The van der Waals surface area contributed by atoms with Crippen LogP contribution in [0.15, 0.2) is 35.0 Å². The Balaban J connectivity index is 1.55. The van der Waals surface area contributed by atoms with E-state index in [-0.39, 0.29) is 18.9 Å². The fraction of sp³-hybridized carbons (Fsp3) is 0.524. The average Bonchev–Trinajstić information content (AvgIpc) is 3.21. The van der Waals surface area contributed by atoms with Crippen LogP contribution in [-0.2, 0) is 16.0 Å². The summed E-state index contributed by atoms with van der Waals surface area (Å²) in [6.07, 6.45) is -2.27. The minimum absolute atomic E-state index is 0.0319. The molecule has 6 nitrogen and oxygen atoms in total. The van der Waals surface area contributed by atoms with Gasteiger partial charge in [0.15, 0.2) is 5.76 Å². The van der Waals surface area contributed by atoms with Crippen LogP contribution in [0.4, 0.5) is 17.6 Å². The van der Waals surface area contributed by atoms with Crippen molar-refractivity contribution in [3.8, 4) is 11.3 Å². The Kier molecular flexibility index (Phi) is 8.03. The van der Waals surface area contributed by atoms with Gasteiger partial charge in [0.2, 0.25) is 0 Å². The van der Waals surface area contributed by atoms with Crippen molar-refractivity contribution in [3.05, 3.63) is 41.8 Å². The number of ether oxygens (including phenoxy) is 1. The predicted molar refractivity (Wildman–Crippen MR) is 105 cm³/mol. The number of carbonyl (C=O) groups is 1. The highest BCUT2D eigenvalue weighted by molar-refractivity contribution is 5.81. The molecule has 1 aromatic heterocycles. The standard InChI is InChI=1S/C21H25F4N3O3/c22-18-6-4-16(5-7-18)19-17(15-26-31-19)3-1-9-28(20(29)21(23,24)25)10-2-8-27-11-13-30-14-12-27/h4-7,15H,1-3,8-14H2. The summed E-state index contributed by atoms with van der Waals surface area (Å²) in [7, 11) is 0. The zero-order chi connectivity index (χ0) is 22.3. The first-order valence-corrected chi connectivity index (χ1v) is 10.2. The van der Waals surface area contributed by atoms with Gasteiger partial charge in [-0.05, 0) is 43.5 Å². The molecule has 3 rings (SSSR count). The van der Waals surface area contributed by atoms with Crippen LogP contribution >= 0.6 is 0 Å². The molecule has 1 aliphatic heterocycles. The lowest BCUT2D eigenvalue weighted by Gasteiger charge is -2.28. The lowest BCUT2D eigenvalue weighted by atomic mass is 10.1. The van der Waals surface area contributed by atoms with E-state index in [1.165, 1.54) is 18.3 Å². The molecule has 1 fully saturated rings. The van der Waals surface area contributed by atoms with Crippen LogP contribution < -0.4 is 0 Å². The SMILES string of the molecule is O=C(N(CCCc1cnoc1-c1ccc(F)cc1)CCCN1CCOCC1)C(F)(F)F. The van der Waals surface area contributed by atoms with Crippen molar-refractivity contribution in [2.45, 2.75) is 25.4 Å². The second-order valence-corrected chi connectivity index (χ2v) is 7.39. The Morgan fingerprint density at radius 2 is 1.77 bits per heavy atom. The Labute approximate surface area is 177 Å². The number of nitrogens with zero attached hydrogens (tertiary/aromatic N) is 3. The molecule has 0 saturated carbocycles. The van der Waals surface area contributed by atoms with E-state index in [9.17, 15) is 22.4 Å². The number of morpholine rings is 1. The van der Waals surface area contributed by atoms with Gasteiger partial charge in [0.05, 0.1) is 19.4 Å². The number of aryl methyl sites for hydroxylation is 1. The average molecular weight is 443 g/mol. The van der Waals surface area contributed by atoms with E-state index in [2.05, 4.69) is 10.1 Å². The van der Waals surface area contributed by atoms with E-state index in [4.69, 9.17) is 9.26 Å². The molecule has 1 saturated heterocycles. The first-order chi connectivity index (χ1) is 14.8. The van der Waals surface area contributed by atoms with Crippen LogP contribution in [0.3, 0.4) is 0 Å². The Morgan fingerprint density at radius 3 is 2.45 bits per heavy atom. The maximum absolute atomic E-state index is 13.1. The number of rotatable bonds is 9. The van der Waals surface area contributed by atoms with E-state index in [0.29, 0.717) is 55.9 Å². The van der Waals surface area contributed by atoms with Crippen LogP contribution in [0.5, 0.6) is 0 Å². The molecule has 0 spiro atoms. The summed E-state index contributed by atoms with van der Waals surface area (Å²) in [5.41, 5.74) is 1.32. The molecule has 170 valence electrons. The van der Waals surface area contributed by atoms with Crippen LogP contribution in [0.25, 0.3) is 11.3 Å². The molecule has 2 heterocycles. The molecule has 0 radical (unpaired) electrons. The van der Waals surface area contributed by atoms with Crippen molar-refractivity contribution < 1.29 is 31.6 Å². The summed E-state index contributed by atoms with van der Waals surface area (Å²) in [5, 5.41) is 3.75. The van der Waals surface area contributed by atoms with Crippen LogP contribution in [0, 0.1) is 5.82 Å². The Bertz CT molecular complexity index is 833. The smallest absolute Gasteiger partial charge is 0.379 e. The summed E-state index contributed by atoms with van der Waals surface area (Å²) in [5.74, 6) is -1.76. The molecule has 31 heavy (non-hydrogen) atoms. The summed E-state index contributed by atoms with van der Waals surface area (Å²) < 4.78 is 62.7. The molecule has 0 bridgehead atoms. The predicted octanol–water partition coefficient (Wildman–Crippen LogP) is 3.53. The van der Waals surface area contributed by atoms with Crippen molar-refractivity contribution in [2.24, 2.45) is 0 Å². The van der Waals surface area contributed by atoms with Crippen molar-refractivity contribution in [3.63, 3.8) is 0 Å². The zero-order valence-corrected chi connectivity index (χ0v) is 17.0. The number of carbonyl (C=O) groups excluding carboxylic acids is 1. The molecule has 2 aromatic rings. The van der Waals surface area contributed by atoms with Crippen LogP contribution in [0.2, 0.25) is 0 Å². The molecular formula is C21H25F4N3O3. The topological polar surface area (TPSA) is 58.8 Å². The number of benzene rings is 1. The molecule has 1 amide bonds. The molecular weight excluding hydrogens is 418 g/mol. The van der Waals surface area contributed by atoms with Gasteiger partial charge >= 0.3 is 12.1 Å². The third-order valence-corrected chi connectivity index (χ3v) is 5.16. The molecule has 0 unspecified atom stereocenters.